The maximum Gasteiger partial charge on any atom is 0.303 e. The molecule has 0 radical (unpaired) electrons. The second kappa shape index (κ2) is 6.43. The summed E-state index contributed by atoms with van der Waals surface area (Å²) in [5, 5.41) is 8.85. The fourth-order valence-electron chi connectivity index (χ4n) is 2.08. The van der Waals surface area contributed by atoms with Gasteiger partial charge in [0.25, 0.3) is 0 Å². The highest BCUT2D eigenvalue weighted by Gasteiger charge is 2.14. The molecule has 18 heavy (non-hydrogen) atoms. The lowest BCUT2D eigenvalue weighted by Gasteiger charge is -2.16. The third-order valence-corrected chi connectivity index (χ3v) is 3.04. The van der Waals surface area contributed by atoms with Gasteiger partial charge >= 0.3 is 5.97 Å². The van der Waals surface area contributed by atoms with E-state index in [2.05, 4.69) is 6.92 Å². The summed E-state index contributed by atoms with van der Waals surface area (Å²) in [4.78, 5) is 10.8. The first kappa shape index (κ1) is 14.6. The number of aliphatic carboxylic acids is 1. The third-order valence-electron chi connectivity index (χ3n) is 3.04. The minimum atomic E-state index is -0.758. The smallest absolute Gasteiger partial charge is 0.303 e. The molecule has 0 bridgehead atoms. The molecular weight excluding hydrogens is 228 g/mol. The number of rotatable bonds is 6. The fraction of sp³-hybridized carbons (Fsp3) is 0.533. The summed E-state index contributed by atoms with van der Waals surface area (Å²) in [5.41, 5.74) is 3.26. The Kier molecular flexibility index (Phi) is 5.20. The first-order valence-electron chi connectivity index (χ1n) is 6.41. The Bertz CT molecular complexity index is 424. The van der Waals surface area contributed by atoms with Crippen LogP contribution in [0.2, 0.25) is 0 Å². The number of carbonyl (C=O) groups is 1. The van der Waals surface area contributed by atoms with Crippen LogP contribution in [-0.2, 0) is 4.79 Å². The van der Waals surface area contributed by atoms with Crippen molar-refractivity contribution in [3.8, 4) is 5.75 Å². The Morgan fingerprint density at radius 3 is 2.56 bits per heavy atom. The maximum absolute atomic E-state index is 10.8. The summed E-state index contributed by atoms with van der Waals surface area (Å²) >= 11 is 0. The van der Waals surface area contributed by atoms with Gasteiger partial charge in [-0.25, -0.2) is 0 Å². The molecule has 3 heteroatoms. The molecule has 1 N–H and O–H groups in total. The van der Waals surface area contributed by atoms with E-state index in [0.717, 1.165) is 28.9 Å². The van der Waals surface area contributed by atoms with Crippen LogP contribution in [0.3, 0.4) is 0 Å². The predicted molar refractivity (Wildman–Crippen MR) is 72.4 cm³/mol. The maximum atomic E-state index is 10.8. The van der Waals surface area contributed by atoms with Crippen molar-refractivity contribution in [1.82, 2.24) is 0 Å². The van der Waals surface area contributed by atoms with Crippen LogP contribution in [0, 0.1) is 13.8 Å². The minimum Gasteiger partial charge on any atom is -0.493 e. The highest BCUT2D eigenvalue weighted by molar-refractivity contribution is 5.68. The molecule has 0 heterocycles. The molecule has 1 atom stereocenters. The number of ether oxygens (including phenoxy) is 1. The highest BCUT2D eigenvalue weighted by atomic mass is 16.5. The minimum absolute atomic E-state index is 0.0291. The van der Waals surface area contributed by atoms with E-state index in [9.17, 15) is 4.79 Å². The normalized spacial score (nSPS) is 12.2. The molecule has 0 aliphatic heterocycles. The quantitative estimate of drug-likeness (QED) is 0.838. The van der Waals surface area contributed by atoms with Crippen molar-refractivity contribution < 1.29 is 14.6 Å². The van der Waals surface area contributed by atoms with Crippen LogP contribution < -0.4 is 4.74 Å². The molecule has 0 aliphatic carbocycles. The zero-order chi connectivity index (χ0) is 13.7. The molecular formula is C15H22O3. The van der Waals surface area contributed by atoms with E-state index in [1.54, 1.807) is 0 Å². The van der Waals surface area contributed by atoms with Gasteiger partial charge in [-0.3, -0.25) is 4.79 Å². The van der Waals surface area contributed by atoms with Crippen molar-refractivity contribution in [3.05, 3.63) is 28.8 Å². The number of aryl methyl sites for hydroxylation is 2. The van der Waals surface area contributed by atoms with Crippen molar-refractivity contribution in [2.45, 2.75) is 46.5 Å². The van der Waals surface area contributed by atoms with Crippen LogP contribution in [0.5, 0.6) is 5.75 Å². The monoisotopic (exact) mass is 250 g/mol. The summed E-state index contributed by atoms with van der Waals surface area (Å²) in [7, 11) is 0. The molecule has 0 saturated heterocycles. The topological polar surface area (TPSA) is 46.5 Å². The van der Waals surface area contributed by atoms with Crippen LogP contribution in [0.25, 0.3) is 0 Å². The number of carboxylic acid groups (broad SMARTS) is 1. The molecule has 1 unspecified atom stereocenters. The Morgan fingerprint density at radius 2 is 2.00 bits per heavy atom. The van der Waals surface area contributed by atoms with Crippen molar-refractivity contribution in [1.29, 1.82) is 0 Å². The van der Waals surface area contributed by atoms with Gasteiger partial charge in [-0.15, -0.1) is 0 Å². The van der Waals surface area contributed by atoms with E-state index in [-0.39, 0.29) is 12.3 Å². The summed E-state index contributed by atoms with van der Waals surface area (Å²) in [6, 6.07) is 4.06. The lowest BCUT2D eigenvalue weighted by molar-refractivity contribution is -0.137. The van der Waals surface area contributed by atoms with Gasteiger partial charge in [0.1, 0.15) is 5.75 Å². The number of hydrogen-bond acceptors (Lipinski definition) is 2. The SMILES string of the molecule is CCCOc1cc(C)c(C(C)CC(=O)O)cc1C. The zero-order valence-electron chi connectivity index (χ0n) is 11.6. The Balaban J connectivity index is 2.95. The average molecular weight is 250 g/mol. The zero-order valence-corrected chi connectivity index (χ0v) is 11.6. The predicted octanol–water partition coefficient (Wildman–Crippen LogP) is 3.67. The second-order valence-electron chi connectivity index (χ2n) is 4.82. The third kappa shape index (κ3) is 3.76. The Hall–Kier alpha value is -1.51. The van der Waals surface area contributed by atoms with Crippen molar-refractivity contribution in [2.75, 3.05) is 6.61 Å². The first-order chi connectivity index (χ1) is 8.45. The van der Waals surface area contributed by atoms with Gasteiger partial charge in [-0.05, 0) is 48.9 Å². The standard InChI is InChI=1S/C15H22O3/c1-5-6-18-14-8-10(2)13(7-12(14)4)11(3)9-15(16)17/h7-8,11H,5-6,9H2,1-4H3,(H,16,17). The number of hydrogen-bond donors (Lipinski definition) is 1. The van der Waals surface area contributed by atoms with Gasteiger partial charge in [0.05, 0.1) is 13.0 Å². The van der Waals surface area contributed by atoms with E-state index in [1.165, 1.54) is 0 Å². The van der Waals surface area contributed by atoms with E-state index >= 15 is 0 Å². The van der Waals surface area contributed by atoms with Crippen LogP contribution in [0.15, 0.2) is 12.1 Å². The van der Waals surface area contributed by atoms with E-state index in [1.807, 2.05) is 32.9 Å². The molecule has 1 aromatic carbocycles. The van der Waals surface area contributed by atoms with Crippen LogP contribution in [-0.4, -0.2) is 17.7 Å². The first-order valence-corrected chi connectivity index (χ1v) is 6.41. The van der Waals surface area contributed by atoms with E-state index in [4.69, 9.17) is 9.84 Å². The lowest BCUT2D eigenvalue weighted by Crippen LogP contribution is -2.06. The van der Waals surface area contributed by atoms with Crippen LogP contribution in [0.1, 0.15) is 49.3 Å². The van der Waals surface area contributed by atoms with Crippen LogP contribution in [0.4, 0.5) is 0 Å². The molecule has 1 aromatic rings. The molecule has 0 amide bonds. The summed E-state index contributed by atoms with van der Waals surface area (Å²) < 4.78 is 5.67. The number of carboxylic acids is 1. The molecule has 0 aliphatic rings. The average Bonchev–Trinajstić information content (AvgIpc) is 2.28. The highest BCUT2D eigenvalue weighted by Crippen LogP contribution is 2.29. The Labute approximate surface area is 109 Å². The van der Waals surface area contributed by atoms with Gasteiger partial charge in [0.2, 0.25) is 0 Å². The molecule has 0 spiro atoms. The fourth-order valence-corrected chi connectivity index (χ4v) is 2.08. The number of benzene rings is 1. The summed E-state index contributed by atoms with van der Waals surface area (Å²) in [5.74, 6) is 0.174. The Morgan fingerprint density at radius 1 is 1.33 bits per heavy atom. The van der Waals surface area contributed by atoms with Gasteiger partial charge in [-0.2, -0.15) is 0 Å². The lowest BCUT2D eigenvalue weighted by atomic mass is 9.92. The molecule has 0 fully saturated rings. The van der Waals surface area contributed by atoms with Gasteiger partial charge in [0.15, 0.2) is 0 Å². The second-order valence-corrected chi connectivity index (χ2v) is 4.82. The van der Waals surface area contributed by atoms with Crippen molar-refractivity contribution in [2.24, 2.45) is 0 Å². The molecule has 100 valence electrons. The molecule has 1 rings (SSSR count). The summed E-state index contributed by atoms with van der Waals surface area (Å²) in [6.07, 6.45) is 1.14. The molecule has 0 saturated carbocycles. The van der Waals surface area contributed by atoms with Crippen molar-refractivity contribution in [3.63, 3.8) is 0 Å². The molecule has 0 aromatic heterocycles. The largest absolute Gasteiger partial charge is 0.493 e. The van der Waals surface area contributed by atoms with Gasteiger partial charge in [0, 0.05) is 0 Å². The van der Waals surface area contributed by atoms with Crippen molar-refractivity contribution >= 4 is 5.97 Å². The van der Waals surface area contributed by atoms with E-state index < -0.39 is 5.97 Å². The summed E-state index contributed by atoms with van der Waals surface area (Å²) in [6.45, 7) is 8.74. The van der Waals surface area contributed by atoms with E-state index in [0.29, 0.717) is 6.61 Å². The van der Waals surface area contributed by atoms with Gasteiger partial charge < -0.3 is 9.84 Å². The van der Waals surface area contributed by atoms with Gasteiger partial charge in [-0.1, -0.05) is 19.9 Å². The molecule has 3 nitrogen and oxygen atoms in total. The van der Waals surface area contributed by atoms with Crippen LogP contribution >= 0.6 is 0 Å².